The molecular weight excluding hydrogens is 265 g/mol. The highest BCUT2D eigenvalue weighted by atomic mass is 32.2. The second kappa shape index (κ2) is 8.01. The van der Waals surface area contributed by atoms with Crippen LogP contribution in [0.2, 0.25) is 0 Å². The zero-order chi connectivity index (χ0) is 14.3. The van der Waals surface area contributed by atoms with Gasteiger partial charge in [-0.2, -0.15) is 11.8 Å². The Bertz CT molecular complexity index is 440. The van der Waals surface area contributed by atoms with Gasteiger partial charge >= 0.3 is 0 Å². The Hall–Kier alpha value is -1.27. The van der Waals surface area contributed by atoms with Crippen LogP contribution in [-0.2, 0) is 6.54 Å². The minimum atomic E-state index is -0.402. The van der Waals surface area contributed by atoms with Crippen molar-refractivity contribution in [2.75, 3.05) is 12.0 Å². The Morgan fingerprint density at radius 3 is 2.95 bits per heavy atom. The lowest BCUT2D eigenvalue weighted by Crippen LogP contribution is -2.27. The summed E-state index contributed by atoms with van der Waals surface area (Å²) in [5, 5.41) is 15.0. The van der Waals surface area contributed by atoms with Gasteiger partial charge in [0.15, 0.2) is 5.84 Å². The fourth-order valence-electron chi connectivity index (χ4n) is 1.68. The molecule has 1 rings (SSSR count). The van der Waals surface area contributed by atoms with Crippen LogP contribution >= 0.6 is 11.8 Å². The first-order chi connectivity index (χ1) is 9.08. The molecule has 0 aliphatic rings. The maximum Gasteiger partial charge on any atom is 0.170 e. The van der Waals surface area contributed by atoms with Crippen molar-refractivity contribution in [1.29, 1.82) is 0 Å². The standard InChI is InChI=1S/C13H20FN3OS/c1-9(5-6-19-2)16-8-10-3-4-11(14)7-12(10)13(15)17-18/h3-4,7,9,16,18H,5-6,8H2,1-2H3,(H2,15,17). The molecule has 4 N–H and O–H groups in total. The predicted molar refractivity (Wildman–Crippen MR) is 78.2 cm³/mol. The Balaban J connectivity index is 2.72. The Morgan fingerprint density at radius 1 is 1.58 bits per heavy atom. The van der Waals surface area contributed by atoms with E-state index in [4.69, 9.17) is 10.9 Å². The third-order valence-corrected chi connectivity index (χ3v) is 3.50. The Kier molecular flexibility index (Phi) is 6.66. The molecule has 0 bridgehead atoms. The summed E-state index contributed by atoms with van der Waals surface area (Å²) in [7, 11) is 0. The summed E-state index contributed by atoms with van der Waals surface area (Å²) >= 11 is 1.80. The number of amidine groups is 1. The van der Waals surface area contributed by atoms with E-state index in [9.17, 15) is 4.39 Å². The van der Waals surface area contributed by atoms with Crippen molar-refractivity contribution in [2.24, 2.45) is 10.9 Å². The van der Waals surface area contributed by atoms with Gasteiger partial charge in [-0.3, -0.25) is 0 Å². The lowest BCUT2D eigenvalue weighted by atomic mass is 10.1. The molecule has 0 saturated heterocycles. The van der Waals surface area contributed by atoms with Gasteiger partial charge in [0.1, 0.15) is 5.82 Å². The average Bonchev–Trinajstić information content (AvgIpc) is 2.42. The molecule has 19 heavy (non-hydrogen) atoms. The molecule has 0 spiro atoms. The molecule has 0 aliphatic carbocycles. The molecular formula is C13H20FN3OS. The van der Waals surface area contributed by atoms with E-state index in [0.717, 1.165) is 17.7 Å². The first-order valence-corrected chi connectivity index (χ1v) is 7.46. The summed E-state index contributed by atoms with van der Waals surface area (Å²) in [6.07, 6.45) is 3.13. The van der Waals surface area contributed by atoms with E-state index >= 15 is 0 Å². The molecule has 6 heteroatoms. The third-order valence-electron chi connectivity index (χ3n) is 2.85. The molecule has 0 heterocycles. The van der Waals surface area contributed by atoms with Crippen LogP contribution < -0.4 is 11.1 Å². The van der Waals surface area contributed by atoms with Gasteiger partial charge in [-0.15, -0.1) is 0 Å². The number of nitrogens with two attached hydrogens (primary N) is 1. The zero-order valence-electron chi connectivity index (χ0n) is 11.2. The van der Waals surface area contributed by atoms with Gasteiger partial charge < -0.3 is 16.3 Å². The maximum absolute atomic E-state index is 13.2. The Labute approximate surface area is 117 Å². The smallest absolute Gasteiger partial charge is 0.170 e. The second-order valence-corrected chi connectivity index (χ2v) is 5.34. The number of oxime groups is 1. The van der Waals surface area contributed by atoms with Gasteiger partial charge in [-0.1, -0.05) is 11.2 Å². The lowest BCUT2D eigenvalue weighted by Gasteiger charge is -2.15. The SMILES string of the molecule is CSCCC(C)NCc1ccc(F)cc1/C(N)=N/O. The number of nitrogens with zero attached hydrogens (tertiary/aromatic N) is 1. The van der Waals surface area contributed by atoms with Crippen LogP contribution in [0.15, 0.2) is 23.4 Å². The number of benzene rings is 1. The van der Waals surface area contributed by atoms with Crippen molar-refractivity contribution in [1.82, 2.24) is 5.32 Å². The quantitative estimate of drug-likeness (QED) is 0.311. The van der Waals surface area contributed by atoms with E-state index in [1.54, 1.807) is 17.8 Å². The van der Waals surface area contributed by atoms with Crippen molar-refractivity contribution >= 4 is 17.6 Å². The molecule has 0 saturated carbocycles. The summed E-state index contributed by atoms with van der Waals surface area (Å²) in [6, 6.07) is 4.66. The van der Waals surface area contributed by atoms with E-state index in [0.29, 0.717) is 18.2 Å². The topological polar surface area (TPSA) is 70.6 Å². The molecule has 0 aromatic heterocycles. The number of halogens is 1. The van der Waals surface area contributed by atoms with Crippen molar-refractivity contribution in [3.63, 3.8) is 0 Å². The monoisotopic (exact) mass is 285 g/mol. The predicted octanol–water partition coefficient (Wildman–Crippen LogP) is 2.15. The minimum Gasteiger partial charge on any atom is -0.409 e. The van der Waals surface area contributed by atoms with E-state index in [1.807, 2.05) is 0 Å². The number of thioether (sulfide) groups is 1. The van der Waals surface area contributed by atoms with Crippen LogP contribution in [-0.4, -0.2) is 29.1 Å². The number of rotatable bonds is 7. The highest BCUT2D eigenvalue weighted by Crippen LogP contribution is 2.12. The summed E-state index contributed by atoms with van der Waals surface area (Å²) in [5.74, 6) is 0.610. The van der Waals surface area contributed by atoms with Gasteiger partial charge in [-0.05, 0) is 43.0 Å². The molecule has 1 aromatic carbocycles. The minimum absolute atomic E-state index is 0.0759. The van der Waals surface area contributed by atoms with Crippen LogP contribution in [0.4, 0.5) is 4.39 Å². The van der Waals surface area contributed by atoms with Crippen LogP contribution in [0.5, 0.6) is 0 Å². The first-order valence-electron chi connectivity index (χ1n) is 6.07. The molecule has 106 valence electrons. The zero-order valence-corrected chi connectivity index (χ0v) is 12.0. The molecule has 0 radical (unpaired) electrons. The normalized spacial score (nSPS) is 13.5. The van der Waals surface area contributed by atoms with Crippen molar-refractivity contribution in [2.45, 2.75) is 25.9 Å². The van der Waals surface area contributed by atoms with Gasteiger partial charge in [-0.25, -0.2) is 4.39 Å². The largest absolute Gasteiger partial charge is 0.409 e. The summed E-state index contributed by atoms with van der Waals surface area (Å²) in [6.45, 7) is 2.66. The number of hydrogen-bond donors (Lipinski definition) is 3. The fraction of sp³-hybridized carbons (Fsp3) is 0.462. The first kappa shape index (κ1) is 15.8. The van der Waals surface area contributed by atoms with E-state index in [2.05, 4.69) is 23.7 Å². The highest BCUT2D eigenvalue weighted by Gasteiger charge is 2.09. The summed E-state index contributed by atoms with van der Waals surface area (Å²) in [5.41, 5.74) is 6.79. The Morgan fingerprint density at radius 2 is 2.32 bits per heavy atom. The van der Waals surface area contributed by atoms with E-state index in [1.165, 1.54) is 12.1 Å². The molecule has 1 atom stereocenters. The van der Waals surface area contributed by atoms with Gasteiger partial charge in [0.2, 0.25) is 0 Å². The third kappa shape index (κ3) is 5.08. The summed E-state index contributed by atoms with van der Waals surface area (Å²) in [4.78, 5) is 0. The van der Waals surface area contributed by atoms with Crippen LogP contribution in [0.3, 0.4) is 0 Å². The van der Waals surface area contributed by atoms with Crippen molar-refractivity contribution in [3.8, 4) is 0 Å². The molecule has 0 fully saturated rings. The van der Waals surface area contributed by atoms with Gasteiger partial charge in [0.05, 0.1) is 0 Å². The van der Waals surface area contributed by atoms with E-state index < -0.39 is 5.82 Å². The highest BCUT2D eigenvalue weighted by molar-refractivity contribution is 7.98. The van der Waals surface area contributed by atoms with Gasteiger partial charge in [0, 0.05) is 18.2 Å². The lowest BCUT2D eigenvalue weighted by molar-refractivity contribution is 0.318. The molecule has 4 nitrogen and oxygen atoms in total. The van der Waals surface area contributed by atoms with Gasteiger partial charge in [0.25, 0.3) is 0 Å². The number of hydrogen-bond acceptors (Lipinski definition) is 4. The van der Waals surface area contributed by atoms with Crippen LogP contribution in [0.25, 0.3) is 0 Å². The molecule has 1 unspecified atom stereocenters. The fourth-order valence-corrected chi connectivity index (χ4v) is 2.27. The van der Waals surface area contributed by atoms with Crippen molar-refractivity contribution < 1.29 is 9.60 Å². The van der Waals surface area contributed by atoms with Crippen LogP contribution in [0, 0.1) is 5.82 Å². The maximum atomic E-state index is 13.2. The van der Waals surface area contributed by atoms with E-state index in [-0.39, 0.29) is 5.84 Å². The molecule has 0 aliphatic heterocycles. The molecule has 1 aromatic rings. The van der Waals surface area contributed by atoms with Crippen LogP contribution in [0.1, 0.15) is 24.5 Å². The number of nitrogens with one attached hydrogen (secondary N) is 1. The average molecular weight is 285 g/mol. The van der Waals surface area contributed by atoms with Crippen molar-refractivity contribution in [3.05, 3.63) is 35.1 Å². The second-order valence-electron chi connectivity index (χ2n) is 4.35. The summed E-state index contributed by atoms with van der Waals surface area (Å²) < 4.78 is 13.2. The molecule has 0 amide bonds.